The van der Waals surface area contributed by atoms with E-state index in [1.54, 1.807) is 0 Å². The Morgan fingerprint density at radius 1 is 1.09 bits per heavy atom. The van der Waals surface area contributed by atoms with Crippen molar-refractivity contribution < 1.29 is 23.4 Å². The van der Waals surface area contributed by atoms with Gasteiger partial charge in [-0.25, -0.2) is 9.50 Å². The molecule has 114 valence electrons. The molecular weight excluding hydrogens is 299 g/mol. The van der Waals surface area contributed by atoms with Crippen molar-refractivity contribution in [1.82, 2.24) is 14.6 Å². The molecule has 0 aliphatic carbocycles. The summed E-state index contributed by atoms with van der Waals surface area (Å²) in [4.78, 5) is 4.08. The third-order valence-electron chi connectivity index (χ3n) is 3.18. The lowest BCUT2D eigenvalue weighted by atomic mass is 10.0. The fourth-order valence-corrected chi connectivity index (χ4v) is 2.17. The maximum Gasteiger partial charge on any atom is 0.417 e. The third-order valence-corrected chi connectivity index (χ3v) is 3.18. The minimum atomic E-state index is -4.51. The second kappa shape index (κ2) is 5.08. The van der Waals surface area contributed by atoms with Crippen LogP contribution in [0.4, 0.5) is 13.2 Å². The standard InChI is InChI=1S/C14H10F3N3O2/c15-14(16,17)10-4-2-1-3-8(10)11-5-6-20-12(19-11)9(7-18-20)13(21)22/h1-7,13,21-22H. The van der Waals surface area contributed by atoms with E-state index in [4.69, 9.17) is 0 Å². The number of halogens is 3. The number of aliphatic hydroxyl groups excluding tert-OH is 1. The molecule has 0 aliphatic rings. The number of aliphatic hydroxyl groups is 2. The molecule has 0 spiro atoms. The van der Waals surface area contributed by atoms with Crippen LogP contribution in [-0.2, 0) is 6.18 Å². The molecule has 22 heavy (non-hydrogen) atoms. The van der Waals surface area contributed by atoms with Crippen LogP contribution >= 0.6 is 0 Å². The lowest BCUT2D eigenvalue weighted by Crippen LogP contribution is -2.07. The third kappa shape index (κ3) is 2.42. The van der Waals surface area contributed by atoms with Gasteiger partial charge in [-0.1, -0.05) is 18.2 Å². The number of alkyl halides is 3. The predicted molar refractivity (Wildman–Crippen MR) is 70.6 cm³/mol. The summed E-state index contributed by atoms with van der Waals surface area (Å²) < 4.78 is 40.5. The summed E-state index contributed by atoms with van der Waals surface area (Å²) >= 11 is 0. The molecule has 1 aromatic carbocycles. The van der Waals surface area contributed by atoms with Gasteiger partial charge in [0.05, 0.1) is 23.0 Å². The summed E-state index contributed by atoms with van der Waals surface area (Å²) in [5, 5.41) is 22.3. The van der Waals surface area contributed by atoms with Crippen molar-refractivity contribution in [3.05, 3.63) is 53.9 Å². The smallest absolute Gasteiger partial charge is 0.364 e. The van der Waals surface area contributed by atoms with E-state index < -0.39 is 18.0 Å². The van der Waals surface area contributed by atoms with Gasteiger partial charge in [0.25, 0.3) is 0 Å². The maximum absolute atomic E-state index is 13.1. The van der Waals surface area contributed by atoms with E-state index in [0.29, 0.717) is 0 Å². The molecule has 0 fully saturated rings. The quantitative estimate of drug-likeness (QED) is 0.713. The molecule has 0 aliphatic heterocycles. The SMILES string of the molecule is OC(O)c1cnn2ccc(-c3ccccc3C(F)(F)F)nc12. The van der Waals surface area contributed by atoms with Gasteiger partial charge in [0.1, 0.15) is 0 Å². The summed E-state index contributed by atoms with van der Waals surface area (Å²) in [6.45, 7) is 0. The molecule has 2 aromatic heterocycles. The molecule has 3 aromatic rings. The number of hydrogen-bond donors (Lipinski definition) is 2. The van der Waals surface area contributed by atoms with Gasteiger partial charge in [-0.2, -0.15) is 18.3 Å². The second-order valence-electron chi connectivity index (χ2n) is 4.60. The van der Waals surface area contributed by atoms with Crippen LogP contribution in [0.2, 0.25) is 0 Å². The second-order valence-corrected chi connectivity index (χ2v) is 4.60. The van der Waals surface area contributed by atoms with Crippen molar-refractivity contribution in [2.75, 3.05) is 0 Å². The van der Waals surface area contributed by atoms with Crippen LogP contribution in [0, 0.1) is 0 Å². The average molecular weight is 309 g/mol. The zero-order valence-electron chi connectivity index (χ0n) is 11.0. The zero-order valence-corrected chi connectivity index (χ0v) is 11.0. The monoisotopic (exact) mass is 309 g/mol. The van der Waals surface area contributed by atoms with E-state index in [2.05, 4.69) is 10.1 Å². The Balaban J connectivity index is 2.21. The molecule has 0 amide bonds. The first-order chi connectivity index (χ1) is 10.4. The topological polar surface area (TPSA) is 70.7 Å². The molecule has 0 bridgehead atoms. The summed E-state index contributed by atoms with van der Waals surface area (Å²) in [5.74, 6) is 0. The number of aromatic nitrogens is 3. The average Bonchev–Trinajstić information content (AvgIpc) is 2.89. The van der Waals surface area contributed by atoms with Crippen LogP contribution in [-0.4, -0.2) is 24.8 Å². The van der Waals surface area contributed by atoms with E-state index in [1.807, 2.05) is 0 Å². The Kier molecular flexibility index (Phi) is 3.34. The lowest BCUT2D eigenvalue weighted by molar-refractivity contribution is -0.137. The minimum absolute atomic E-state index is 0.0198. The molecule has 2 heterocycles. The first kappa shape index (κ1) is 14.5. The molecule has 0 saturated carbocycles. The van der Waals surface area contributed by atoms with Crippen LogP contribution in [0.15, 0.2) is 42.7 Å². The van der Waals surface area contributed by atoms with Crippen molar-refractivity contribution in [2.45, 2.75) is 12.5 Å². The highest BCUT2D eigenvalue weighted by Gasteiger charge is 2.33. The number of fused-ring (bicyclic) bond motifs is 1. The molecule has 3 rings (SSSR count). The molecule has 0 saturated heterocycles. The van der Waals surface area contributed by atoms with Crippen LogP contribution < -0.4 is 0 Å². The number of nitrogens with zero attached hydrogens (tertiary/aromatic N) is 3. The van der Waals surface area contributed by atoms with Gasteiger partial charge in [0, 0.05) is 11.8 Å². The van der Waals surface area contributed by atoms with E-state index >= 15 is 0 Å². The molecule has 5 nitrogen and oxygen atoms in total. The summed E-state index contributed by atoms with van der Waals surface area (Å²) in [6, 6.07) is 6.45. The van der Waals surface area contributed by atoms with Crippen molar-refractivity contribution in [3.8, 4) is 11.3 Å². The van der Waals surface area contributed by atoms with Gasteiger partial charge >= 0.3 is 6.18 Å². The van der Waals surface area contributed by atoms with E-state index in [9.17, 15) is 23.4 Å². The molecule has 0 radical (unpaired) electrons. The van der Waals surface area contributed by atoms with Crippen LogP contribution in [0.1, 0.15) is 17.4 Å². The molecule has 2 N–H and O–H groups in total. The molecule has 0 unspecified atom stereocenters. The van der Waals surface area contributed by atoms with Crippen LogP contribution in [0.25, 0.3) is 16.9 Å². The molecule has 0 atom stereocenters. The van der Waals surface area contributed by atoms with Gasteiger partial charge in [0.2, 0.25) is 0 Å². The predicted octanol–water partition coefficient (Wildman–Crippen LogP) is 2.40. The Morgan fingerprint density at radius 2 is 1.82 bits per heavy atom. The van der Waals surface area contributed by atoms with Crippen molar-refractivity contribution in [3.63, 3.8) is 0 Å². The largest absolute Gasteiger partial charge is 0.417 e. The fourth-order valence-electron chi connectivity index (χ4n) is 2.17. The highest BCUT2D eigenvalue weighted by molar-refractivity contribution is 5.66. The Morgan fingerprint density at radius 3 is 2.50 bits per heavy atom. The molecular formula is C14H10F3N3O2. The highest BCUT2D eigenvalue weighted by atomic mass is 19.4. The maximum atomic E-state index is 13.1. The molecule has 8 heteroatoms. The zero-order chi connectivity index (χ0) is 15.9. The minimum Gasteiger partial charge on any atom is -0.364 e. The van der Waals surface area contributed by atoms with Gasteiger partial charge in [-0.3, -0.25) is 0 Å². The number of rotatable bonds is 2. The van der Waals surface area contributed by atoms with E-state index in [0.717, 1.165) is 6.07 Å². The van der Waals surface area contributed by atoms with Crippen LogP contribution in [0.5, 0.6) is 0 Å². The number of hydrogen-bond acceptors (Lipinski definition) is 4. The van der Waals surface area contributed by atoms with Gasteiger partial charge in [-0.05, 0) is 12.1 Å². The summed E-state index contributed by atoms with van der Waals surface area (Å²) in [6.07, 6.45) is -3.70. The van der Waals surface area contributed by atoms with Gasteiger partial charge < -0.3 is 10.2 Å². The summed E-state index contributed by atoms with van der Waals surface area (Å²) in [5.41, 5.74) is -0.715. The lowest BCUT2D eigenvalue weighted by Gasteiger charge is -2.12. The van der Waals surface area contributed by atoms with Crippen molar-refractivity contribution in [2.24, 2.45) is 0 Å². The Hall–Kier alpha value is -2.45. The van der Waals surface area contributed by atoms with E-state index in [-0.39, 0.29) is 22.5 Å². The Labute approximate surface area is 122 Å². The normalized spacial score (nSPS) is 12.3. The van der Waals surface area contributed by atoms with E-state index in [1.165, 1.54) is 41.2 Å². The highest BCUT2D eigenvalue weighted by Crippen LogP contribution is 2.36. The van der Waals surface area contributed by atoms with Crippen molar-refractivity contribution in [1.29, 1.82) is 0 Å². The summed E-state index contributed by atoms with van der Waals surface area (Å²) in [7, 11) is 0. The fraction of sp³-hybridized carbons (Fsp3) is 0.143. The van der Waals surface area contributed by atoms with Gasteiger partial charge in [-0.15, -0.1) is 0 Å². The van der Waals surface area contributed by atoms with Gasteiger partial charge in [0.15, 0.2) is 11.9 Å². The first-order valence-corrected chi connectivity index (χ1v) is 6.25. The Bertz CT molecular complexity index is 828. The number of benzene rings is 1. The first-order valence-electron chi connectivity index (χ1n) is 6.25. The van der Waals surface area contributed by atoms with Crippen molar-refractivity contribution >= 4 is 5.65 Å². The van der Waals surface area contributed by atoms with Crippen LogP contribution in [0.3, 0.4) is 0 Å².